The highest BCUT2D eigenvalue weighted by atomic mass is 16.5. The second-order valence-corrected chi connectivity index (χ2v) is 6.32. The van der Waals surface area contributed by atoms with Gasteiger partial charge >= 0.3 is 0 Å². The molecule has 0 aromatic rings. The van der Waals surface area contributed by atoms with Crippen molar-refractivity contribution in [1.82, 2.24) is 0 Å². The van der Waals surface area contributed by atoms with Crippen LogP contribution in [0.2, 0.25) is 0 Å². The van der Waals surface area contributed by atoms with E-state index in [9.17, 15) is 0 Å². The Balaban J connectivity index is 2.34. The molecule has 1 saturated carbocycles. The first-order chi connectivity index (χ1) is 7.54. The molecular formula is C14H29NO. The Morgan fingerprint density at radius 3 is 2.19 bits per heavy atom. The summed E-state index contributed by atoms with van der Waals surface area (Å²) < 4.78 is 5.10. The van der Waals surface area contributed by atoms with E-state index in [1.165, 1.54) is 44.9 Å². The van der Waals surface area contributed by atoms with Crippen LogP contribution in [-0.4, -0.2) is 20.3 Å². The Morgan fingerprint density at radius 1 is 1.06 bits per heavy atom. The Kier molecular flexibility index (Phi) is 5.26. The van der Waals surface area contributed by atoms with E-state index in [1.54, 1.807) is 7.11 Å². The molecule has 16 heavy (non-hydrogen) atoms. The first-order valence-electron chi connectivity index (χ1n) is 6.73. The highest BCUT2D eigenvalue weighted by molar-refractivity contribution is 4.89. The van der Waals surface area contributed by atoms with E-state index in [-0.39, 0.29) is 0 Å². The van der Waals surface area contributed by atoms with Crippen LogP contribution in [0, 0.1) is 10.8 Å². The smallest absolute Gasteiger partial charge is 0.0462 e. The molecule has 0 bridgehead atoms. The SMILES string of the molecule is COCCCCC1(CN)CCC(C)(C)CC1. The van der Waals surface area contributed by atoms with Crippen molar-refractivity contribution in [3.8, 4) is 0 Å². The maximum atomic E-state index is 6.01. The number of nitrogens with two attached hydrogens (primary N) is 1. The molecule has 0 aromatic carbocycles. The van der Waals surface area contributed by atoms with Crippen molar-refractivity contribution in [3.05, 3.63) is 0 Å². The van der Waals surface area contributed by atoms with Crippen LogP contribution in [0.25, 0.3) is 0 Å². The molecular weight excluding hydrogens is 198 g/mol. The summed E-state index contributed by atoms with van der Waals surface area (Å²) in [5, 5.41) is 0. The van der Waals surface area contributed by atoms with Crippen molar-refractivity contribution >= 4 is 0 Å². The van der Waals surface area contributed by atoms with E-state index in [0.29, 0.717) is 10.8 Å². The van der Waals surface area contributed by atoms with Crippen LogP contribution in [0.1, 0.15) is 58.8 Å². The molecule has 2 heteroatoms. The van der Waals surface area contributed by atoms with Crippen LogP contribution >= 0.6 is 0 Å². The topological polar surface area (TPSA) is 35.2 Å². The van der Waals surface area contributed by atoms with Gasteiger partial charge in [-0.1, -0.05) is 20.3 Å². The van der Waals surface area contributed by atoms with Gasteiger partial charge in [0.15, 0.2) is 0 Å². The molecule has 2 nitrogen and oxygen atoms in total. The van der Waals surface area contributed by atoms with Gasteiger partial charge in [0.05, 0.1) is 0 Å². The molecule has 0 unspecified atom stereocenters. The standard InChI is InChI=1S/C14H29NO/c1-13(2)7-9-14(12-15,10-8-13)6-4-5-11-16-3/h4-12,15H2,1-3H3. The van der Waals surface area contributed by atoms with Gasteiger partial charge in [0.1, 0.15) is 0 Å². The highest BCUT2D eigenvalue weighted by Crippen LogP contribution is 2.46. The fraction of sp³-hybridized carbons (Fsp3) is 1.00. The molecule has 0 spiro atoms. The zero-order valence-electron chi connectivity index (χ0n) is 11.3. The number of hydrogen-bond acceptors (Lipinski definition) is 2. The molecule has 96 valence electrons. The van der Waals surface area contributed by atoms with Gasteiger partial charge < -0.3 is 10.5 Å². The van der Waals surface area contributed by atoms with Crippen molar-refractivity contribution in [2.45, 2.75) is 58.8 Å². The maximum absolute atomic E-state index is 6.01. The zero-order valence-corrected chi connectivity index (χ0v) is 11.3. The fourth-order valence-corrected chi connectivity index (χ4v) is 2.76. The molecule has 1 fully saturated rings. The van der Waals surface area contributed by atoms with E-state index in [0.717, 1.165) is 13.2 Å². The summed E-state index contributed by atoms with van der Waals surface area (Å²) in [7, 11) is 1.78. The molecule has 1 rings (SSSR count). The zero-order chi connectivity index (χ0) is 12.1. The summed E-state index contributed by atoms with van der Waals surface area (Å²) in [4.78, 5) is 0. The van der Waals surface area contributed by atoms with Crippen LogP contribution in [0.3, 0.4) is 0 Å². The predicted octanol–water partition coefficient (Wildman–Crippen LogP) is 3.35. The van der Waals surface area contributed by atoms with Crippen LogP contribution in [0.5, 0.6) is 0 Å². The fourth-order valence-electron chi connectivity index (χ4n) is 2.76. The van der Waals surface area contributed by atoms with Gasteiger partial charge in [-0.25, -0.2) is 0 Å². The summed E-state index contributed by atoms with van der Waals surface area (Å²) in [6.07, 6.45) is 9.08. The van der Waals surface area contributed by atoms with E-state index in [4.69, 9.17) is 10.5 Å². The minimum absolute atomic E-state index is 0.448. The quantitative estimate of drug-likeness (QED) is 0.706. The Bertz CT molecular complexity index is 191. The van der Waals surface area contributed by atoms with Crippen LogP contribution < -0.4 is 5.73 Å². The van der Waals surface area contributed by atoms with E-state index in [1.807, 2.05) is 0 Å². The Hall–Kier alpha value is -0.0800. The molecule has 0 amide bonds. The third-order valence-corrected chi connectivity index (χ3v) is 4.40. The van der Waals surface area contributed by atoms with Gasteiger partial charge in [-0.05, 0) is 55.9 Å². The summed E-state index contributed by atoms with van der Waals surface area (Å²) in [6.45, 7) is 6.54. The lowest BCUT2D eigenvalue weighted by Gasteiger charge is -2.43. The molecule has 0 atom stereocenters. The van der Waals surface area contributed by atoms with Gasteiger partial charge in [-0.2, -0.15) is 0 Å². The van der Waals surface area contributed by atoms with Gasteiger partial charge in [-0.3, -0.25) is 0 Å². The van der Waals surface area contributed by atoms with Crippen molar-refractivity contribution in [2.75, 3.05) is 20.3 Å². The predicted molar refractivity (Wildman–Crippen MR) is 69.5 cm³/mol. The van der Waals surface area contributed by atoms with Crippen molar-refractivity contribution in [1.29, 1.82) is 0 Å². The number of hydrogen-bond donors (Lipinski definition) is 1. The van der Waals surface area contributed by atoms with Crippen LogP contribution in [0.4, 0.5) is 0 Å². The summed E-state index contributed by atoms with van der Waals surface area (Å²) >= 11 is 0. The summed E-state index contributed by atoms with van der Waals surface area (Å²) in [6, 6.07) is 0. The van der Waals surface area contributed by atoms with Gasteiger partial charge in [-0.15, -0.1) is 0 Å². The van der Waals surface area contributed by atoms with E-state index in [2.05, 4.69) is 13.8 Å². The lowest BCUT2D eigenvalue weighted by molar-refractivity contribution is 0.0932. The van der Waals surface area contributed by atoms with Crippen LogP contribution in [0.15, 0.2) is 0 Å². The monoisotopic (exact) mass is 227 g/mol. The Labute approximate surface area is 101 Å². The minimum Gasteiger partial charge on any atom is -0.385 e. The lowest BCUT2D eigenvalue weighted by atomic mass is 9.63. The largest absolute Gasteiger partial charge is 0.385 e. The number of unbranched alkanes of at least 4 members (excludes halogenated alkanes) is 1. The third kappa shape index (κ3) is 4.06. The van der Waals surface area contributed by atoms with Gasteiger partial charge in [0.2, 0.25) is 0 Å². The average molecular weight is 227 g/mol. The maximum Gasteiger partial charge on any atom is 0.0462 e. The first-order valence-corrected chi connectivity index (χ1v) is 6.73. The van der Waals surface area contributed by atoms with Gasteiger partial charge in [0, 0.05) is 13.7 Å². The van der Waals surface area contributed by atoms with E-state index < -0.39 is 0 Å². The van der Waals surface area contributed by atoms with Crippen molar-refractivity contribution < 1.29 is 4.74 Å². The Morgan fingerprint density at radius 2 is 1.69 bits per heavy atom. The summed E-state index contributed by atoms with van der Waals surface area (Å²) in [5.41, 5.74) is 7.00. The molecule has 0 saturated heterocycles. The molecule has 1 aliphatic carbocycles. The minimum atomic E-state index is 0.448. The average Bonchev–Trinajstić information content (AvgIpc) is 2.27. The second-order valence-electron chi connectivity index (χ2n) is 6.32. The molecule has 1 aliphatic rings. The van der Waals surface area contributed by atoms with Gasteiger partial charge in [0.25, 0.3) is 0 Å². The first kappa shape index (κ1) is 14.0. The highest BCUT2D eigenvalue weighted by Gasteiger charge is 2.36. The van der Waals surface area contributed by atoms with Crippen LogP contribution in [-0.2, 0) is 4.74 Å². The molecule has 0 aliphatic heterocycles. The molecule has 2 N–H and O–H groups in total. The molecule has 0 heterocycles. The number of ether oxygens (including phenoxy) is 1. The van der Waals surface area contributed by atoms with Crippen molar-refractivity contribution in [2.24, 2.45) is 16.6 Å². The van der Waals surface area contributed by atoms with Crippen molar-refractivity contribution in [3.63, 3.8) is 0 Å². The number of rotatable bonds is 6. The third-order valence-electron chi connectivity index (χ3n) is 4.40. The second kappa shape index (κ2) is 6.02. The summed E-state index contributed by atoms with van der Waals surface area (Å²) in [5.74, 6) is 0. The number of methoxy groups -OCH3 is 1. The molecule has 0 radical (unpaired) electrons. The van der Waals surface area contributed by atoms with E-state index >= 15 is 0 Å². The normalized spacial score (nSPS) is 23.2. The lowest BCUT2D eigenvalue weighted by Crippen LogP contribution is -2.37. The molecule has 0 aromatic heterocycles.